The van der Waals surface area contributed by atoms with Crippen molar-refractivity contribution in [3.8, 4) is 0 Å². The molecule has 2 saturated carbocycles. The Kier molecular flexibility index (Phi) is 4.74. The Labute approximate surface area is 191 Å². The third-order valence-electron chi connectivity index (χ3n) is 8.86. The molecule has 0 radical (unpaired) electrons. The van der Waals surface area contributed by atoms with E-state index in [1.165, 1.54) is 29.5 Å². The zero-order valence-corrected chi connectivity index (χ0v) is 19.0. The molecule has 3 fully saturated rings. The lowest BCUT2D eigenvalue weighted by Crippen LogP contribution is -2.69. The Morgan fingerprint density at radius 1 is 1.16 bits per heavy atom. The molecule has 4 atom stereocenters. The van der Waals surface area contributed by atoms with E-state index in [-0.39, 0.29) is 23.3 Å². The third-order valence-corrected chi connectivity index (χ3v) is 8.86. The van der Waals surface area contributed by atoms with Gasteiger partial charge in [-0.3, -0.25) is 9.69 Å². The predicted molar refractivity (Wildman–Crippen MR) is 125 cm³/mol. The van der Waals surface area contributed by atoms with Crippen LogP contribution in [0.1, 0.15) is 54.4 Å². The Morgan fingerprint density at radius 3 is 2.75 bits per heavy atom. The summed E-state index contributed by atoms with van der Waals surface area (Å²) in [4.78, 5) is 15.9. The summed E-state index contributed by atoms with van der Waals surface area (Å²) in [6, 6.07) is 17.0. The zero-order chi connectivity index (χ0) is 21.9. The number of hydrogen-bond donors (Lipinski definition) is 2. The Bertz CT molecular complexity index is 1030. The maximum absolute atomic E-state index is 13.3. The number of nitrogens with zero attached hydrogens (tertiary/aromatic N) is 1. The second-order valence-electron chi connectivity index (χ2n) is 10.9. The number of benzene rings is 2. The maximum Gasteiger partial charge on any atom is 0.223 e. The van der Waals surface area contributed by atoms with E-state index in [9.17, 15) is 9.90 Å². The number of rotatable bonds is 5. The lowest BCUT2D eigenvalue weighted by atomic mass is 9.56. The molecule has 1 unspecified atom stereocenters. The van der Waals surface area contributed by atoms with Crippen LogP contribution in [0.2, 0.25) is 0 Å². The van der Waals surface area contributed by atoms with Crippen LogP contribution in [-0.2, 0) is 23.2 Å². The largest absolute Gasteiger partial charge is 0.387 e. The summed E-state index contributed by atoms with van der Waals surface area (Å²) in [5, 5.41) is 15.6. The van der Waals surface area contributed by atoms with Crippen LogP contribution in [0, 0.1) is 18.8 Å². The first-order valence-corrected chi connectivity index (χ1v) is 12.4. The van der Waals surface area contributed by atoms with Crippen LogP contribution in [0.3, 0.4) is 0 Å². The van der Waals surface area contributed by atoms with E-state index in [1.807, 2.05) is 30.3 Å². The van der Waals surface area contributed by atoms with Gasteiger partial charge in [-0.2, -0.15) is 0 Å². The molecule has 3 aliphatic carbocycles. The second kappa shape index (κ2) is 7.43. The van der Waals surface area contributed by atoms with Crippen molar-refractivity contribution in [3.63, 3.8) is 0 Å². The number of amides is 1. The molecular weight excluding hydrogens is 396 g/mol. The fraction of sp³-hybridized carbons (Fsp3) is 0.536. The summed E-state index contributed by atoms with van der Waals surface area (Å²) < 4.78 is 0. The normalized spacial score (nSPS) is 33.4. The van der Waals surface area contributed by atoms with Crippen LogP contribution in [-0.4, -0.2) is 40.6 Å². The highest BCUT2D eigenvalue weighted by Crippen LogP contribution is 2.61. The van der Waals surface area contributed by atoms with Crippen LogP contribution in [0.5, 0.6) is 0 Å². The molecule has 0 aromatic heterocycles. The highest BCUT2D eigenvalue weighted by atomic mass is 16.3. The number of aliphatic hydroxyl groups is 1. The van der Waals surface area contributed by atoms with Crippen LogP contribution in [0.25, 0.3) is 0 Å². The van der Waals surface area contributed by atoms with E-state index in [0.29, 0.717) is 13.0 Å². The van der Waals surface area contributed by atoms with Crippen molar-refractivity contribution < 1.29 is 9.90 Å². The van der Waals surface area contributed by atoms with Gasteiger partial charge in [0.1, 0.15) is 0 Å². The van der Waals surface area contributed by atoms with E-state index in [2.05, 4.69) is 35.3 Å². The summed E-state index contributed by atoms with van der Waals surface area (Å²) in [6.45, 7) is 4.84. The topological polar surface area (TPSA) is 52.6 Å². The van der Waals surface area contributed by atoms with Crippen LogP contribution in [0.4, 0.5) is 0 Å². The molecule has 1 aliphatic heterocycles. The molecule has 168 valence electrons. The van der Waals surface area contributed by atoms with Gasteiger partial charge in [-0.25, -0.2) is 0 Å². The first-order valence-electron chi connectivity index (χ1n) is 12.4. The van der Waals surface area contributed by atoms with Crippen LogP contribution < -0.4 is 5.32 Å². The third kappa shape index (κ3) is 3.14. The van der Waals surface area contributed by atoms with Crippen molar-refractivity contribution in [1.82, 2.24) is 10.2 Å². The molecule has 4 heteroatoms. The van der Waals surface area contributed by atoms with Crippen molar-refractivity contribution >= 4 is 5.91 Å². The molecule has 2 N–H and O–H groups in total. The van der Waals surface area contributed by atoms with Gasteiger partial charge in [-0.1, -0.05) is 54.1 Å². The number of piperidine rings is 1. The fourth-order valence-electron chi connectivity index (χ4n) is 7.07. The summed E-state index contributed by atoms with van der Waals surface area (Å²) in [5.41, 5.74) is 3.94. The molecule has 32 heavy (non-hydrogen) atoms. The molecule has 2 bridgehead atoms. The first kappa shape index (κ1) is 20.4. The van der Waals surface area contributed by atoms with Crippen LogP contribution >= 0.6 is 0 Å². The van der Waals surface area contributed by atoms with Crippen molar-refractivity contribution in [2.24, 2.45) is 11.8 Å². The Balaban J connectivity index is 1.32. The zero-order valence-electron chi connectivity index (χ0n) is 19.0. The minimum absolute atomic E-state index is 0.0969. The highest BCUT2D eigenvalue weighted by molar-refractivity contribution is 5.80. The van der Waals surface area contributed by atoms with Crippen LogP contribution in [0.15, 0.2) is 48.5 Å². The van der Waals surface area contributed by atoms with Gasteiger partial charge in [-0.15, -0.1) is 0 Å². The standard InChI is InChI=1S/C28H34N2O2/c1-19-7-10-22-14-25-28(32)16-23(26(31)29-17-20-5-3-2-4-6-20)15-27(28,24(22)13-19)11-12-30(25)18-21-8-9-21/h2-7,10,13,21,23,25,32H,8-9,11-12,14-18H2,1H3,(H,29,31)/t23?,25-,27-,28-/m1/s1. The molecule has 6 rings (SSSR count). The monoisotopic (exact) mass is 430 g/mol. The molecular formula is C28H34N2O2. The van der Waals surface area contributed by atoms with E-state index in [0.717, 1.165) is 43.8 Å². The Morgan fingerprint density at radius 2 is 1.97 bits per heavy atom. The molecule has 4 nitrogen and oxygen atoms in total. The number of likely N-dealkylation sites (tertiary alicyclic amines) is 1. The van der Waals surface area contributed by atoms with Crippen molar-refractivity contribution in [2.75, 3.05) is 13.1 Å². The van der Waals surface area contributed by atoms with Gasteiger partial charge in [0.2, 0.25) is 5.91 Å². The SMILES string of the molecule is Cc1ccc2c(c1)[C@]13CCN(CC4CC4)[C@H](C2)[C@]1(O)CC(C(=O)NCc1ccccc1)C3. The maximum atomic E-state index is 13.3. The lowest BCUT2D eigenvalue weighted by molar-refractivity contribution is -0.134. The van der Waals surface area contributed by atoms with E-state index >= 15 is 0 Å². The summed E-state index contributed by atoms with van der Waals surface area (Å²) in [5.74, 6) is 0.759. The molecule has 1 amide bonds. The average molecular weight is 431 g/mol. The number of nitrogens with one attached hydrogen (secondary N) is 1. The van der Waals surface area contributed by atoms with Gasteiger partial charge in [-0.05, 0) is 74.6 Å². The predicted octanol–water partition coefficient (Wildman–Crippen LogP) is 3.73. The number of hydrogen-bond acceptors (Lipinski definition) is 3. The number of fused-ring (bicyclic) bond motifs is 1. The van der Waals surface area contributed by atoms with Gasteiger partial charge >= 0.3 is 0 Å². The fourth-order valence-corrected chi connectivity index (χ4v) is 7.07. The van der Waals surface area contributed by atoms with Crippen molar-refractivity contribution in [2.45, 2.75) is 69.1 Å². The van der Waals surface area contributed by atoms with Crippen molar-refractivity contribution in [3.05, 3.63) is 70.8 Å². The molecule has 0 spiro atoms. The second-order valence-corrected chi connectivity index (χ2v) is 10.9. The molecule has 1 heterocycles. The minimum atomic E-state index is -0.824. The summed E-state index contributed by atoms with van der Waals surface area (Å²) in [7, 11) is 0. The van der Waals surface area contributed by atoms with E-state index in [4.69, 9.17) is 0 Å². The molecule has 2 aromatic carbocycles. The molecule has 1 saturated heterocycles. The summed E-state index contributed by atoms with van der Waals surface area (Å²) >= 11 is 0. The average Bonchev–Trinajstić information content (AvgIpc) is 3.54. The quantitative estimate of drug-likeness (QED) is 0.760. The number of carbonyl (C=O) groups excluding carboxylic acids is 1. The molecule has 4 aliphatic rings. The van der Waals surface area contributed by atoms with Crippen molar-refractivity contribution in [1.29, 1.82) is 0 Å². The first-order chi connectivity index (χ1) is 15.5. The molecule has 2 aromatic rings. The number of carbonyl (C=O) groups is 1. The van der Waals surface area contributed by atoms with E-state index < -0.39 is 5.60 Å². The van der Waals surface area contributed by atoms with Gasteiger partial charge in [0.25, 0.3) is 0 Å². The Hall–Kier alpha value is -2.17. The van der Waals surface area contributed by atoms with Gasteiger partial charge in [0.05, 0.1) is 5.60 Å². The minimum Gasteiger partial charge on any atom is -0.387 e. The van der Waals surface area contributed by atoms with E-state index in [1.54, 1.807) is 0 Å². The van der Waals surface area contributed by atoms with Gasteiger partial charge in [0, 0.05) is 30.5 Å². The smallest absolute Gasteiger partial charge is 0.223 e. The number of aryl methyl sites for hydroxylation is 1. The highest BCUT2D eigenvalue weighted by Gasteiger charge is 2.68. The van der Waals surface area contributed by atoms with Gasteiger partial charge < -0.3 is 10.4 Å². The van der Waals surface area contributed by atoms with Gasteiger partial charge in [0.15, 0.2) is 0 Å². The summed E-state index contributed by atoms with van der Waals surface area (Å²) in [6.07, 6.45) is 5.84. The lowest BCUT2D eigenvalue weighted by Gasteiger charge is -2.59.